The third-order valence-electron chi connectivity index (χ3n) is 4.63. The van der Waals surface area contributed by atoms with Crippen LogP contribution in [0.2, 0.25) is 0 Å². The molecule has 0 bridgehead atoms. The van der Waals surface area contributed by atoms with Gasteiger partial charge in [0, 0.05) is 26.7 Å². The molecule has 0 unspecified atom stereocenters. The van der Waals surface area contributed by atoms with Crippen LogP contribution in [0.3, 0.4) is 0 Å². The Morgan fingerprint density at radius 2 is 1.95 bits per heavy atom. The minimum absolute atomic E-state index is 0.0546. The number of carbonyl (C=O) groups is 1. The smallest absolute Gasteiger partial charge is 0.220 e. The van der Waals surface area contributed by atoms with Crippen LogP contribution < -0.4 is 11.1 Å². The molecule has 1 aliphatic rings. The zero-order chi connectivity index (χ0) is 15.1. The maximum atomic E-state index is 12.2. The van der Waals surface area contributed by atoms with Gasteiger partial charge in [-0.2, -0.15) is 0 Å². The van der Waals surface area contributed by atoms with E-state index in [1.165, 1.54) is 19.3 Å². The molecule has 4 nitrogen and oxygen atoms in total. The molecular weight excluding hydrogens is 252 g/mol. The Balaban J connectivity index is 2.38. The summed E-state index contributed by atoms with van der Waals surface area (Å²) in [5.41, 5.74) is 6.07. The first-order valence-electron chi connectivity index (χ1n) is 7.89. The fraction of sp³-hybridized carbons (Fsp3) is 0.938. The number of nitrogens with two attached hydrogens (primary N) is 1. The molecule has 0 aliphatic heterocycles. The van der Waals surface area contributed by atoms with Crippen molar-refractivity contribution in [1.82, 2.24) is 5.32 Å². The number of nitrogens with one attached hydrogen (secondary N) is 1. The zero-order valence-corrected chi connectivity index (χ0v) is 13.5. The molecule has 0 aromatic heterocycles. The van der Waals surface area contributed by atoms with Crippen LogP contribution in [0.25, 0.3) is 0 Å². The largest absolute Gasteiger partial charge is 0.385 e. The number of rotatable bonds is 8. The van der Waals surface area contributed by atoms with Crippen LogP contribution in [0.5, 0.6) is 0 Å². The third-order valence-corrected chi connectivity index (χ3v) is 4.63. The Hall–Kier alpha value is -0.610. The van der Waals surface area contributed by atoms with Crippen molar-refractivity contribution in [2.75, 3.05) is 26.8 Å². The summed E-state index contributed by atoms with van der Waals surface area (Å²) in [5.74, 6) is 0.155. The first kappa shape index (κ1) is 17.4. The highest BCUT2D eigenvalue weighted by Crippen LogP contribution is 2.38. The molecule has 0 aromatic carbocycles. The summed E-state index contributed by atoms with van der Waals surface area (Å²) >= 11 is 0. The van der Waals surface area contributed by atoms with Gasteiger partial charge in [0.15, 0.2) is 0 Å². The van der Waals surface area contributed by atoms with E-state index in [4.69, 9.17) is 10.5 Å². The van der Waals surface area contributed by atoms with Crippen molar-refractivity contribution < 1.29 is 9.53 Å². The van der Waals surface area contributed by atoms with Gasteiger partial charge in [0.2, 0.25) is 5.91 Å². The second-order valence-corrected chi connectivity index (χ2v) is 7.13. The fourth-order valence-electron chi connectivity index (χ4n) is 2.96. The van der Waals surface area contributed by atoms with Crippen molar-refractivity contribution in [3.8, 4) is 0 Å². The van der Waals surface area contributed by atoms with E-state index in [1.807, 2.05) is 0 Å². The van der Waals surface area contributed by atoms with Crippen LogP contribution >= 0.6 is 0 Å². The molecule has 4 heteroatoms. The van der Waals surface area contributed by atoms with Crippen LogP contribution in [-0.2, 0) is 9.53 Å². The summed E-state index contributed by atoms with van der Waals surface area (Å²) < 4.78 is 5.11. The Morgan fingerprint density at radius 1 is 1.30 bits per heavy atom. The molecule has 3 N–H and O–H groups in total. The molecule has 1 aliphatic carbocycles. The predicted octanol–water partition coefficient (Wildman–Crippen LogP) is 2.46. The van der Waals surface area contributed by atoms with Gasteiger partial charge in [-0.1, -0.05) is 33.1 Å². The lowest BCUT2D eigenvalue weighted by Gasteiger charge is -2.36. The summed E-state index contributed by atoms with van der Waals surface area (Å²) in [6, 6.07) is 0. The van der Waals surface area contributed by atoms with Gasteiger partial charge >= 0.3 is 0 Å². The van der Waals surface area contributed by atoms with E-state index < -0.39 is 0 Å². The number of hydrogen-bond acceptors (Lipinski definition) is 3. The quantitative estimate of drug-likeness (QED) is 0.719. The fourth-order valence-corrected chi connectivity index (χ4v) is 2.96. The second kappa shape index (κ2) is 7.99. The van der Waals surface area contributed by atoms with Gasteiger partial charge in [-0.3, -0.25) is 4.79 Å². The van der Waals surface area contributed by atoms with E-state index in [-0.39, 0.29) is 16.7 Å². The van der Waals surface area contributed by atoms with Crippen LogP contribution in [0.15, 0.2) is 0 Å². The van der Waals surface area contributed by atoms with Gasteiger partial charge in [0.25, 0.3) is 0 Å². The number of hydrogen-bond donors (Lipinski definition) is 2. The molecular formula is C16H32N2O2. The lowest BCUT2D eigenvalue weighted by atomic mass is 9.71. The minimum Gasteiger partial charge on any atom is -0.385 e. The molecule has 20 heavy (non-hydrogen) atoms. The van der Waals surface area contributed by atoms with Gasteiger partial charge < -0.3 is 15.8 Å². The number of carbonyl (C=O) groups excluding carboxylic acids is 1. The SMILES string of the molecule is COCCC(C)(C)CNC(=O)CC1(CN)CCCCC1. The average Bonchev–Trinajstić information content (AvgIpc) is 2.44. The van der Waals surface area contributed by atoms with Crippen molar-refractivity contribution in [2.24, 2.45) is 16.6 Å². The van der Waals surface area contributed by atoms with Crippen molar-refractivity contribution >= 4 is 5.91 Å². The summed E-state index contributed by atoms with van der Waals surface area (Å²) in [7, 11) is 1.71. The monoisotopic (exact) mass is 284 g/mol. The lowest BCUT2D eigenvalue weighted by Crippen LogP contribution is -2.41. The highest BCUT2D eigenvalue weighted by molar-refractivity contribution is 5.76. The number of amides is 1. The number of ether oxygens (including phenoxy) is 1. The van der Waals surface area contributed by atoms with Crippen LogP contribution in [0, 0.1) is 10.8 Å². The summed E-state index contributed by atoms with van der Waals surface area (Å²) in [6.07, 6.45) is 7.45. The molecule has 0 spiro atoms. The van der Waals surface area contributed by atoms with Crippen LogP contribution in [-0.4, -0.2) is 32.7 Å². The van der Waals surface area contributed by atoms with E-state index in [0.29, 0.717) is 19.5 Å². The Labute approximate surface area is 123 Å². The van der Waals surface area contributed by atoms with Crippen LogP contribution in [0.4, 0.5) is 0 Å². The predicted molar refractivity (Wildman–Crippen MR) is 82.5 cm³/mol. The lowest BCUT2D eigenvalue weighted by molar-refractivity contribution is -0.124. The maximum Gasteiger partial charge on any atom is 0.220 e. The van der Waals surface area contributed by atoms with Gasteiger partial charge in [0.1, 0.15) is 0 Å². The van der Waals surface area contributed by atoms with Gasteiger partial charge in [-0.15, -0.1) is 0 Å². The van der Waals surface area contributed by atoms with Gasteiger partial charge in [-0.05, 0) is 36.6 Å². The maximum absolute atomic E-state index is 12.2. The number of methoxy groups -OCH3 is 1. The molecule has 0 saturated heterocycles. The van der Waals surface area contributed by atoms with E-state index in [0.717, 1.165) is 25.9 Å². The first-order chi connectivity index (χ1) is 9.43. The van der Waals surface area contributed by atoms with E-state index in [2.05, 4.69) is 19.2 Å². The molecule has 0 aromatic rings. The summed E-state index contributed by atoms with van der Waals surface area (Å²) in [4.78, 5) is 12.2. The Bertz CT molecular complexity index is 297. The topological polar surface area (TPSA) is 64.3 Å². The van der Waals surface area contributed by atoms with Crippen molar-refractivity contribution in [1.29, 1.82) is 0 Å². The average molecular weight is 284 g/mol. The standard InChI is InChI=1S/C16H32N2O2/c1-15(2,9-10-20-3)13-18-14(19)11-16(12-17)7-5-4-6-8-16/h4-13,17H2,1-3H3,(H,18,19). The summed E-state index contributed by atoms with van der Waals surface area (Å²) in [6.45, 7) is 6.39. The molecule has 1 rings (SSSR count). The van der Waals surface area contributed by atoms with Crippen LogP contribution in [0.1, 0.15) is 58.8 Å². The van der Waals surface area contributed by atoms with E-state index in [9.17, 15) is 4.79 Å². The van der Waals surface area contributed by atoms with Crippen molar-refractivity contribution in [3.05, 3.63) is 0 Å². The van der Waals surface area contributed by atoms with Gasteiger partial charge in [0.05, 0.1) is 0 Å². The van der Waals surface area contributed by atoms with Gasteiger partial charge in [-0.25, -0.2) is 0 Å². The zero-order valence-electron chi connectivity index (χ0n) is 13.5. The third kappa shape index (κ3) is 5.80. The molecule has 0 atom stereocenters. The molecule has 1 fully saturated rings. The normalized spacial score (nSPS) is 18.8. The first-order valence-corrected chi connectivity index (χ1v) is 7.89. The van der Waals surface area contributed by atoms with E-state index in [1.54, 1.807) is 7.11 Å². The van der Waals surface area contributed by atoms with Crippen molar-refractivity contribution in [2.45, 2.75) is 58.8 Å². The summed E-state index contributed by atoms with van der Waals surface area (Å²) in [5, 5.41) is 3.09. The minimum atomic E-state index is 0.0546. The molecule has 1 amide bonds. The highest BCUT2D eigenvalue weighted by Gasteiger charge is 2.33. The Morgan fingerprint density at radius 3 is 2.50 bits per heavy atom. The van der Waals surface area contributed by atoms with Crippen molar-refractivity contribution in [3.63, 3.8) is 0 Å². The molecule has 118 valence electrons. The highest BCUT2D eigenvalue weighted by atomic mass is 16.5. The van der Waals surface area contributed by atoms with E-state index >= 15 is 0 Å². The second-order valence-electron chi connectivity index (χ2n) is 7.13. The molecule has 0 heterocycles. The Kier molecular flexibility index (Phi) is 6.96. The molecule has 0 radical (unpaired) electrons. The molecule has 1 saturated carbocycles.